The van der Waals surface area contributed by atoms with Gasteiger partial charge in [-0.2, -0.15) is 0 Å². The highest BCUT2D eigenvalue weighted by Gasteiger charge is 2.21. The predicted molar refractivity (Wildman–Crippen MR) is 56.2 cm³/mol. The molecule has 0 unspecified atom stereocenters. The monoisotopic (exact) mass is 254 g/mol. The Labute approximate surface area is 99.9 Å². The van der Waals surface area contributed by atoms with Gasteiger partial charge in [0.25, 0.3) is 6.43 Å². The van der Waals surface area contributed by atoms with Crippen LogP contribution in [-0.4, -0.2) is 30.6 Å². The second kappa shape index (κ2) is 4.47. The molecule has 8 heteroatoms. The summed E-state index contributed by atoms with van der Waals surface area (Å²) in [5, 5.41) is 8.68. The summed E-state index contributed by atoms with van der Waals surface area (Å²) in [7, 11) is 1.63. The summed E-state index contributed by atoms with van der Waals surface area (Å²) in [6.45, 7) is 0. The molecular formula is C10H8F2N4O2. The number of alkyl halides is 2. The number of nitrogens with zero attached hydrogens (tertiary/aromatic N) is 4. The summed E-state index contributed by atoms with van der Waals surface area (Å²) in [6, 6.07) is 0. The Kier molecular flexibility index (Phi) is 3.00. The Morgan fingerprint density at radius 1 is 1.44 bits per heavy atom. The number of rotatable bonds is 3. The SMILES string of the molecule is Cn1cncc1-c1cnc(C(=O)O)nc1C(F)F. The predicted octanol–water partition coefficient (Wildman–Crippen LogP) is 1.51. The number of carboxylic acids is 1. The zero-order valence-electron chi connectivity index (χ0n) is 9.21. The minimum Gasteiger partial charge on any atom is -0.475 e. The van der Waals surface area contributed by atoms with E-state index in [4.69, 9.17) is 5.11 Å². The van der Waals surface area contributed by atoms with Crippen molar-refractivity contribution in [2.45, 2.75) is 6.43 Å². The average Bonchev–Trinajstić information content (AvgIpc) is 2.74. The first-order valence-corrected chi connectivity index (χ1v) is 4.85. The van der Waals surface area contributed by atoms with Gasteiger partial charge in [-0.05, 0) is 0 Å². The van der Waals surface area contributed by atoms with Crippen LogP contribution in [0, 0.1) is 0 Å². The summed E-state index contributed by atoms with van der Waals surface area (Å²) in [6.07, 6.45) is 0.992. The van der Waals surface area contributed by atoms with Crippen LogP contribution in [0.3, 0.4) is 0 Å². The van der Waals surface area contributed by atoms with E-state index in [2.05, 4.69) is 15.0 Å². The van der Waals surface area contributed by atoms with E-state index in [0.29, 0.717) is 5.69 Å². The zero-order chi connectivity index (χ0) is 13.3. The highest BCUT2D eigenvalue weighted by molar-refractivity contribution is 5.83. The van der Waals surface area contributed by atoms with Crippen LogP contribution in [0.2, 0.25) is 0 Å². The molecule has 0 aromatic carbocycles. The van der Waals surface area contributed by atoms with E-state index in [1.165, 1.54) is 17.1 Å². The van der Waals surface area contributed by atoms with E-state index in [1.807, 2.05) is 0 Å². The van der Waals surface area contributed by atoms with Crippen LogP contribution in [0.4, 0.5) is 8.78 Å². The molecule has 2 aromatic heterocycles. The number of hydrogen-bond donors (Lipinski definition) is 1. The van der Waals surface area contributed by atoms with Crippen molar-refractivity contribution in [1.82, 2.24) is 19.5 Å². The Morgan fingerprint density at radius 3 is 2.67 bits per heavy atom. The van der Waals surface area contributed by atoms with Crippen LogP contribution >= 0.6 is 0 Å². The van der Waals surface area contributed by atoms with Gasteiger partial charge in [-0.1, -0.05) is 0 Å². The number of hydrogen-bond acceptors (Lipinski definition) is 4. The molecule has 0 spiro atoms. The van der Waals surface area contributed by atoms with Crippen molar-refractivity contribution >= 4 is 5.97 Å². The number of carboxylic acid groups (broad SMARTS) is 1. The van der Waals surface area contributed by atoms with Crippen molar-refractivity contribution in [2.24, 2.45) is 7.05 Å². The lowest BCUT2D eigenvalue weighted by Gasteiger charge is -2.08. The van der Waals surface area contributed by atoms with Crippen molar-refractivity contribution in [3.8, 4) is 11.3 Å². The van der Waals surface area contributed by atoms with Crippen molar-refractivity contribution in [3.63, 3.8) is 0 Å². The molecule has 18 heavy (non-hydrogen) atoms. The molecule has 0 saturated carbocycles. The Hall–Kier alpha value is -2.38. The molecule has 0 amide bonds. The van der Waals surface area contributed by atoms with Crippen LogP contribution in [-0.2, 0) is 7.05 Å². The lowest BCUT2D eigenvalue weighted by molar-refractivity contribution is 0.0681. The lowest BCUT2D eigenvalue weighted by Crippen LogP contribution is -2.08. The third-order valence-electron chi connectivity index (χ3n) is 2.31. The Balaban J connectivity index is 2.61. The molecule has 0 aliphatic rings. The summed E-state index contributed by atoms with van der Waals surface area (Å²) in [5.74, 6) is -2.11. The number of aromatic nitrogens is 4. The van der Waals surface area contributed by atoms with Gasteiger partial charge in [0.05, 0.1) is 18.2 Å². The van der Waals surface area contributed by atoms with Crippen LogP contribution in [0.25, 0.3) is 11.3 Å². The van der Waals surface area contributed by atoms with Crippen LogP contribution in [0.15, 0.2) is 18.7 Å². The number of aromatic carboxylic acids is 1. The number of aryl methyl sites for hydroxylation is 1. The minimum absolute atomic E-state index is 0.0648. The van der Waals surface area contributed by atoms with E-state index in [-0.39, 0.29) is 5.56 Å². The molecule has 2 aromatic rings. The third kappa shape index (κ3) is 2.04. The highest BCUT2D eigenvalue weighted by Crippen LogP contribution is 2.28. The van der Waals surface area contributed by atoms with E-state index in [1.54, 1.807) is 7.05 Å². The summed E-state index contributed by atoms with van der Waals surface area (Å²) < 4.78 is 27.3. The second-order valence-electron chi connectivity index (χ2n) is 3.49. The van der Waals surface area contributed by atoms with E-state index >= 15 is 0 Å². The topological polar surface area (TPSA) is 80.9 Å². The maximum atomic E-state index is 12.9. The molecule has 0 radical (unpaired) electrons. The first-order chi connectivity index (χ1) is 8.50. The molecular weight excluding hydrogens is 246 g/mol. The van der Waals surface area contributed by atoms with E-state index < -0.39 is 23.9 Å². The van der Waals surface area contributed by atoms with Crippen LogP contribution < -0.4 is 0 Å². The van der Waals surface area contributed by atoms with E-state index in [9.17, 15) is 13.6 Å². The fraction of sp³-hybridized carbons (Fsp3) is 0.200. The summed E-state index contributed by atoms with van der Waals surface area (Å²) in [4.78, 5) is 21.4. The van der Waals surface area contributed by atoms with Crippen molar-refractivity contribution in [1.29, 1.82) is 0 Å². The normalized spacial score (nSPS) is 10.9. The average molecular weight is 254 g/mol. The smallest absolute Gasteiger partial charge is 0.373 e. The summed E-state index contributed by atoms with van der Waals surface area (Å²) in [5.41, 5.74) is -0.164. The number of imidazole rings is 1. The molecule has 94 valence electrons. The molecule has 1 N–H and O–H groups in total. The largest absolute Gasteiger partial charge is 0.475 e. The first-order valence-electron chi connectivity index (χ1n) is 4.85. The molecule has 2 rings (SSSR count). The Bertz CT molecular complexity index is 597. The molecule has 0 fully saturated rings. The van der Waals surface area contributed by atoms with Crippen molar-refractivity contribution in [3.05, 3.63) is 30.2 Å². The molecule has 0 aliphatic heterocycles. The quantitative estimate of drug-likeness (QED) is 0.897. The molecule has 2 heterocycles. The minimum atomic E-state index is -2.89. The Morgan fingerprint density at radius 2 is 2.17 bits per heavy atom. The van der Waals surface area contributed by atoms with E-state index in [0.717, 1.165) is 6.20 Å². The second-order valence-corrected chi connectivity index (χ2v) is 3.49. The lowest BCUT2D eigenvalue weighted by atomic mass is 10.1. The standard InChI is InChI=1S/C10H8F2N4O2/c1-16-4-13-3-6(16)5-2-14-9(10(17)18)15-7(5)8(11)12/h2-4,8H,1H3,(H,17,18). The maximum Gasteiger partial charge on any atom is 0.373 e. The van der Waals surface area contributed by atoms with Gasteiger partial charge in [-0.3, -0.25) is 0 Å². The summed E-state index contributed by atoms with van der Waals surface area (Å²) >= 11 is 0. The maximum absolute atomic E-state index is 12.9. The van der Waals surface area contributed by atoms with Gasteiger partial charge in [0, 0.05) is 18.8 Å². The van der Waals surface area contributed by atoms with Gasteiger partial charge < -0.3 is 9.67 Å². The molecule has 0 aliphatic carbocycles. The van der Waals surface area contributed by atoms with Crippen molar-refractivity contribution < 1.29 is 18.7 Å². The van der Waals surface area contributed by atoms with Gasteiger partial charge in [-0.15, -0.1) is 0 Å². The fourth-order valence-electron chi connectivity index (χ4n) is 1.48. The molecule has 0 bridgehead atoms. The number of carbonyl (C=O) groups is 1. The van der Waals surface area contributed by atoms with Crippen molar-refractivity contribution in [2.75, 3.05) is 0 Å². The van der Waals surface area contributed by atoms with Crippen LogP contribution in [0.1, 0.15) is 22.7 Å². The third-order valence-corrected chi connectivity index (χ3v) is 2.31. The number of halogens is 2. The van der Waals surface area contributed by atoms with Gasteiger partial charge in [0.1, 0.15) is 5.69 Å². The molecule has 0 atom stereocenters. The molecule has 6 nitrogen and oxygen atoms in total. The highest BCUT2D eigenvalue weighted by atomic mass is 19.3. The van der Waals surface area contributed by atoms with Gasteiger partial charge in [0.15, 0.2) is 0 Å². The zero-order valence-corrected chi connectivity index (χ0v) is 9.21. The molecule has 0 saturated heterocycles. The first kappa shape index (κ1) is 12.1. The van der Waals surface area contributed by atoms with Crippen LogP contribution in [0.5, 0.6) is 0 Å². The fourth-order valence-corrected chi connectivity index (χ4v) is 1.48. The van der Waals surface area contributed by atoms with Gasteiger partial charge >= 0.3 is 5.97 Å². The van der Waals surface area contributed by atoms with Gasteiger partial charge in [0.2, 0.25) is 5.82 Å². The van der Waals surface area contributed by atoms with Gasteiger partial charge in [-0.25, -0.2) is 28.5 Å².